The lowest BCUT2D eigenvalue weighted by molar-refractivity contribution is 0.422. The number of nitrogens with two attached hydrogens (primary N) is 1. The van der Waals surface area contributed by atoms with Gasteiger partial charge in [-0.3, -0.25) is 4.98 Å². The highest BCUT2D eigenvalue weighted by atomic mass is 16.5. The average molecular weight is 216 g/mol. The van der Waals surface area contributed by atoms with Gasteiger partial charge in [-0.05, 0) is 18.4 Å². The van der Waals surface area contributed by atoms with Gasteiger partial charge in [0.1, 0.15) is 0 Å². The molecule has 0 saturated heterocycles. The Kier molecular flexibility index (Phi) is 1.92. The second-order valence-electron chi connectivity index (χ2n) is 4.24. The van der Waals surface area contributed by atoms with Crippen LogP contribution in [0, 0.1) is 5.92 Å². The van der Waals surface area contributed by atoms with Gasteiger partial charge < -0.3 is 10.3 Å². The van der Waals surface area contributed by atoms with E-state index >= 15 is 0 Å². The Bertz CT molecular complexity index is 522. The third-order valence-electron chi connectivity index (χ3n) is 2.97. The molecule has 2 atom stereocenters. The molecule has 0 spiro atoms. The van der Waals surface area contributed by atoms with Crippen LogP contribution in [0.15, 0.2) is 23.0 Å². The molecule has 0 aromatic carbocycles. The van der Waals surface area contributed by atoms with Crippen molar-refractivity contribution in [3.8, 4) is 11.5 Å². The lowest BCUT2D eigenvalue weighted by atomic mass is 10.2. The molecule has 1 fully saturated rings. The van der Waals surface area contributed by atoms with Crippen LogP contribution in [0.4, 0.5) is 5.69 Å². The summed E-state index contributed by atoms with van der Waals surface area (Å²) in [4.78, 5) is 8.29. The highest BCUT2D eigenvalue weighted by Crippen LogP contribution is 2.45. The summed E-state index contributed by atoms with van der Waals surface area (Å²) in [6.07, 6.45) is 4.39. The molecule has 2 N–H and O–H groups in total. The van der Waals surface area contributed by atoms with E-state index in [1.165, 1.54) is 0 Å². The largest absolute Gasteiger partial charge is 0.397 e. The smallest absolute Gasteiger partial charge is 0.260 e. The molecular weight excluding hydrogens is 204 g/mol. The van der Waals surface area contributed by atoms with Crippen LogP contribution < -0.4 is 5.73 Å². The molecule has 0 aliphatic heterocycles. The molecule has 1 saturated carbocycles. The van der Waals surface area contributed by atoms with Gasteiger partial charge in [-0.15, -0.1) is 0 Å². The van der Waals surface area contributed by atoms with Crippen LogP contribution in [0.3, 0.4) is 0 Å². The van der Waals surface area contributed by atoms with E-state index in [0.29, 0.717) is 23.4 Å². The molecule has 3 rings (SSSR count). The fourth-order valence-electron chi connectivity index (χ4n) is 1.78. The van der Waals surface area contributed by atoms with Gasteiger partial charge in [0, 0.05) is 12.1 Å². The Hall–Kier alpha value is -1.91. The average Bonchev–Trinajstić information content (AvgIpc) is 2.82. The number of aromatic nitrogens is 3. The van der Waals surface area contributed by atoms with Crippen LogP contribution in [0.2, 0.25) is 0 Å². The van der Waals surface area contributed by atoms with Gasteiger partial charge in [0.25, 0.3) is 5.89 Å². The second-order valence-corrected chi connectivity index (χ2v) is 4.24. The molecule has 1 aliphatic rings. The molecule has 2 aromatic heterocycles. The van der Waals surface area contributed by atoms with Crippen molar-refractivity contribution in [1.29, 1.82) is 0 Å². The summed E-state index contributed by atoms with van der Waals surface area (Å²) in [5.74, 6) is 2.40. The predicted octanol–water partition coefficient (Wildman–Crippen LogP) is 1.84. The van der Waals surface area contributed by atoms with Gasteiger partial charge in [-0.25, -0.2) is 0 Å². The lowest BCUT2D eigenvalue weighted by Crippen LogP contribution is -1.91. The number of hydrogen-bond acceptors (Lipinski definition) is 5. The van der Waals surface area contributed by atoms with Gasteiger partial charge in [-0.1, -0.05) is 12.1 Å². The van der Waals surface area contributed by atoms with Crippen LogP contribution in [-0.2, 0) is 0 Å². The van der Waals surface area contributed by atoms with E-state index in [9.17, 15) is 0 Å². The molecule has 5 heteroatoms. The lowest BCUT2D eigenvalue weighted by Gasteiger charge is -1.96. The summed E-state index contributed by atoms with van der Waals surface area (Å²) in [5, 5.41) is 3.98. The fraction of sp³-hybridized carbons (Fsp3) is 0.364. The van der Waals surface area contributed by atoms with Gasteiger partial charge in [0.2, 0.25) is 0 Å². The van der Waals surface area contributed by atoms with Crippen molar-refractivity contribution in [2.45, 2.75) is 19.3 Å². The van der Waals surface area contributed by atoms with Crippen molar-refractivity contribution in [1.82, 2.24) is 15.1 Å². The van der Waals surface area contributed by atoms with Crippen molar-refractivity contribution >= 4 is 5.69 Å². The number of rotatable bonds is 2. The monoisotopic (exact) mass is 216 g/mol. The summed E-state index contributed by atoms with van der Waals surface area (Å²) >= 11 is 0. The molecule has 2 aromatic rings. The highest BCUT2D eigenvalue weighted by molar-refractivity contribution is 5.68. The molecular formula is C11H12N4O. The van der Waals surface area contributed by atoms with Gasteiger partial charge >= 0.3 is 0 Å². The SMILES string of the molecule is CC1CC1c1noc(-c2ccncc2N)n1. The zero-order valence-electron chi connectivity index (χ0n) is 8.92. The van der Waals surface area contributed by atoms with Crippen LogP contribution in [0.25, 0.3) is 11.5 Å². The number of hydrogen-bond donors (Lipinski definition) is 1. The van der Waals surface area contributed by atoms with Crippen LogP contribution in [0.5, 0.6) is 0 Å². The van der Waals surface area contributed by atoms with Gasteiger partial charge in [0.15, 0.2) is 5.82 Å². The molecule has 5 nitrogen and oxygen atoms in total. The van der Waals surface area contributed by atoms with Crippen molar-refractivity contribution in [3.63, 3.8) is 0 Å². The zero-order chi connectivity index (χ0) is 11.1. The molecule has 0 bridgehead atoms. The number of nitrogens with zero attached hydrogens (tertiary/aromatic N) is 3. The van der Waals surface area contributed by atoms with Crippen LogP contribution in [0.1, 0.15) is 25.1 Å². The predicted molar refractivity (Wildman–Crippen MR) is 58.5 cm³/mol. The Morgan fingerprint density at radius 1 is 1.50 bits per heavy atom. The molecule has 0 radical (unpaired) electrons. The highest BCUT2D eigenvalue weighted by Gasteiger charge is 2.38. The summed E-state index contributed by atoms with van der Waals surface area (Å²) in [6, 6.07) is 1.78. The molecule has 16 heavy (non-hydrogen) atoms. The molecule has 0 amide bonds. The third-order valence-corrected chi connectivity index (χ3v) is 2.97. The van der Waals surface area contributed by atoms with E-state index in [1.54, 1.807) is 18.5 Å². The van der Waals surface area contributed by atoms with E-state index in [4.69, 9.17) is 10.3 Å². The normalized spacial score (nSPS) is 23.3. The van der Waals surface area contributed by atoms with E-state index < -0.39 is 0 Å². The maximum atomic E-state index is 5.79. The van der Waals surface area contributed by atoms with Crippen molar-refractivity contribution in [2.75, 3.05) is 5.73 Å². The van der Waals surface area contributed by atoms with Crippen molar-refractivity contribution in [3.05, 3.63) is 24.3 Å². The summed E-state index contributed by atoms with van der Waals surface area (Å²) < 4.78 is 5.21. The Labute approximate surface area is 92.7 Å². The van der Waals surface area contributed by atoms with Crippen LogP contribution in [-0.4, -0.2) is 15.1 Å². The first-order chi connectivity index (χ1) is 7.75. The molecule has 2 unspecified atom stereocenters. The first-order valence-corrected chi connectivity index (χ1v) is 5.29. The molecule has 82 valence electrons. The first kappa shape index (κ1) is 9.33. The Morgan fingerprint density at radius 2 is 2.31 bits per heavy atom. The fourth-order valence-corrected chi connectivity index (χ4v) is 1.78. The van der Waals surface area contributed by atoms with Crippen molar-refractivity contribution in [2.24, 2.45) is 5.92 Å². The quantitative estimate of drug-likeness (QED) is 0.828. The minimum absolute atomic E-state index is 0.459. The number of anilines is 1. The van der Waals surface area contributed by atoms with E-state index in [-0.39, 0.29) is 0 Å². The molecule has 2 heterocycles. The van der Waals surface area contributed by atoms with E-state index in [2.05, 4.69) is 22.0 Å². The maximum absolute atomic E-state index is 5.79. The van der Waals surface area contributed by atoms with Gasteiger partial charge in [-0.2, -0.15) is 4.98 Å². The molecule has 1 aliphatic carbocycles. The Morgan fingerprint density at radius 3 is 3.00 bits per heavy atom. The third kappa shape index (κ3) is 1.44. The Balaban J connectivity index is 1.95. The minimum atomic E-state index is 0.459. The second kappa shape index (κ2) is 3.30. The van der Waals surface area contributed by atoms with Gasteiger partial charge in [0.05, 0.1) is 17.4 Å². The topological polar surface area (TPSA) is 77.8 Å². The summed E-state index contributed by atoms with van der Waals surface area (Å²) in [6.45, 7) is 2.18. The van der Waals surface area contributed by atoms with Crippen LogP contribution >= 0.6 is 0 Å². The van der Waals surface area contributed by atoms with E-state index in [0.717, 1.165) is 17.8 Å². The minimum Gasteiger partial charge on any atom is -0.397 e. The maximum Gasteiger partial charge on any atom is 0.260 e. The number of nitrogen functional groups attached to an aromatic ring is 1. The summed E-state index contributed by atoms with van der Waals surface area (Å²) in [7, 11) is 0. The van der Waals surface area contributed by atoms with Crippen molar-refractivity contribution < 1.29 is 4.52 Å². The standard InChI is InChI=1S/C11H12N4O/c1-6-4-8(6)10-14-11(16-15-10)7-2-3-13-5-9(7)12/h2-3,5-6,8H,4,12H2,1H3. The first-order valence-electron chi connectivity index (χ1n) is 5.29. The zero-order valence-corrected chi connectivity index (χ0v) is 8.92. The number of pyridine rings is 1. The summed E-state index contributed by atoms with van der Waals surface area (Å²) in [5.41, 5.74) is 7.10. The van der Waals surface area contributed by atoms with E-state index in [1.807, 2.05) is 0 Å².